The molecule has 1 amide bonds. The summed E-state index contributed by atoms with van der Waals surface area (Å²) in [5.74, 6) is 0.283. The van der Waals surface area contributed by atoms with Gasteiger partial charge in [-0.25, -0.2) is 13.6 Å². The van der Waals surface area contributed by atoms with Gasteiger partial charge in [-0.3, -0.25) is 4.79 Å². The van der Waals surface area contributed by atoms with E-state index in [1.165, 1.54) is 6.07 Å². The minimum Gasteiger partial charge on any atom is -0.454 e. The average molecular weight is 543 g/mol. The smallest absolute Gasteiger partial charge is 0.251 e. The molecule has 0 aromatic heterocycles. The first kappa shape index (κ1) is 32.5. The lowest BCUT2D eigenvalue weighted by molar-refractivity contribution is 0.0955. The van der Waals surface area contributed by atoms with Crippen LogP contribution in [0.25, 0.3) is 0 Å². The van der Waals surface area contributed by atoms with Crippen LogP contribution in [0.5, 0.6) is 11.5 Å². The largest absolute Gasteiger partial charge is 0.454 e. The Bertz CT molecular complexity index is 1140. The van der Waals surface area contributed by atoms with Crippen LogP contribution in [-0.2, 0) is 10.0 Å². The molecule has 0 aliphatic rings. The number of para-hydroxylation sites is 1. The quantitative estimate of drug-likeness (QED) is 0.249. The highest BCUT2D eigenvalue weighted by Crippen LogP contribution is 2.39. The number of anilines is 1. The van der Waals surface area contributed by atoms with E-state index < -0.39 is 10.0 Å². The van der Waals surface area contributed by atoms with E-state index in [1.54, 1.807) is 61.8 Å². The molecule has 0 spiro atoms. The van der Waals surface area contributed by atoms with Gasteiger partial charge in [-0.15, -0.1) is 0 Å². The molecule has 4 N–H and O–H groups in total. The molecule has 0 aliphatic carbocycles. The zero-order valence-corrected chi connectivity index (χ0v) is 23.6. The minimum absolute atomic E-state index is 0.147. The Hall–Kier alpha value is -3.56. The maximum absolute atomic E-state index is 12.6. The predicted octanol–water partition coefficient (Wildman–Crippen LogP) is 5.70. The third-order valence-electron chi connectivity index (χ3n) is 5.25. The summed E-state index contributed by atoms with van der Waals surface area (Å²) < 4.78 is 31.1. The van der Waals surface area contributed by atoms with Crippen LogP contribution >= 0.6 is 0 Å². The number of sulfonamides is 1. The molecule has 0 fully saturated rings. The maximum atomic E-state index is 12.6. The lowest BCUT2D eigenvalue weighted by Crippen LogP contribution is -2.29. The number of ether oxygens (including phenoxy) is 1. The molecule has 0 bridgehead atoms. The van der Waals surface area contributed by atoms with Crippen LogP contribution < -0.4 is 25.4 Å². The Morgan fingerprint density at radius 3 is 2.18 bits per heavy atom. The Labute approximate surface area is 228 Å². The number of carbonyl (C=O) groups excluding carboxylic acids is 1. The van der Waals surface area contributed by atoms with E-state index in [-0.39, 0.29) is 22.1 Å². The molecule has 0 saturated carbocycles. The number of carbonyl (C=O) groups is 1. The number of hydrogen-bond acceptors (Lipinski definition) is 6. The van der Waals surface area contributed by atoms with E-state index in [9.17, 15) is 13.2 Å². The van der Waals surface area contributed by atoms with Gasteiger partial charge in [0.05, 0.1) is 5.69 Å². The normalized spacial score (nSPS) is 10.7. The molecule has 0 unspecified atom stereocenters. The molecule has 0 atom stereocenters. The number of primary sulfonamides is 1. The van der Waals surface area contributed by atoms with Crippen molar-refractivity contribution in [2.45, 2.75) is 51.3 Å². The third-order valence-corrected chi connectivity index (χ3v) is 6.17. The van der Waals surface area contributed by atoms with Crippen molar-refractivity contribution in [2.75, 3.05) is 24.5 Å². The number of allylic oxidation sites excluding steroid dienone is 2. The van der Waals surface area contributed by atoms with Gasteiger partial charge in [-0.2, -0.15) is 0 Å². The predicted molar refractivity (Wildman–Crippen MR) is 157 cm³/mol. The molecular weight excluding hydrogens is 500 g/mol. The molecule has 0 heterocycles. The SMILES string of the molecule is C=C/C=C\NC=C.CCCCN(CCCC)c1cc(C(=O)NCC)cc(S(N)(=O)=O)c1Oc1ccccc1. The molecule has 8 nitrogen and oxygen atoms in total. The van der Waals surface area contributed by atoms with E-state index in [4.69, 9.17) is 9.88 Å². The fraction of sp³-hybridized carbons (Fsp3) is 0.345. The molecule has 2 rings (SSSR count). The number of nitrogens with two attached hydrogens (primary N) is 1. The van der Waals surface area contributed by atoms with Crippen molar-refractivity contribution in [3.05, 3.63) is 85.7 Å². The lowest BCUT2D eigenvalue weighted by atomic mass is 10.1. The van der Waals surface area contributed by atoms with Crippen molar-refractivity contribution in [3.63, 3.8) is 0 Å². The summed E-state index contributed by atoms with van der Waals surface area (Å²) in [6.45, 7) is 14.8. The van der Waals surface area contributed by atoms with Crippen molar-refractivity contribution < 1.29 is 17.9 Å². The average Bonchev–Trinajstić information content (AvgIpc) is 2.90. The fourth-order valence-electron chi connectivity index (χ4n) is 3.38. The van der Waals surface area contributed by atoms with Crippen molar-refractivity contribution >= 4 is 21.6 Å². The van der Waals surface area contributed by atoms with Gasteiger partial charge >= 0.3 is 0 Å². The molecule has 2 aromatic carbocycles. The van der Waals surface area contributed by atoms with Crippen LogP contribution in [0.3, 0.4) is 0 Å². The number of hydrogen-bond donors (Lipinski definition) is 3. The van der Waals surface area contributed by atoms with Crippen LogP contribution in [0.2, 0.25) is 0 Å². The number of nitrogens with zero attached hydrogens (tertiary/aromatic N) is 1. The summed E-state index contributed by atoms with van der Waals surface area (Å²) in [7, 11) is -4.15. The summed E-state index contributed by atoms with van der Waals surface area (Å²) in [5.41, 5.74) is 0.790. The van der Waals surface area contributed by atoms with Crippen molar-refractivity contribution in [1.82, 2.24) is 10.6 Å². The number of rotatable bonds is 15. The van der Waals surface area contributed by atoms with E-state index in [0.717, 1.165) is 25.7 Å². The summed E-state index contributed by atoms with van der Waals surface area (Å²) in [5, 5.41) is 11.1. The topological polar surface area (TPSA) is 114 Å². The summed E-state index contributed by atoms with van der Waals surface area (Å²) in [6, 6.07) is 11.9. The number of amides is 1. The molecule has 9 heteroatoms. The van der Waals surface area contributed by atoms with Crippen LogP contribution in [-0.4, -0.2) is 34.0 Å². The van der Waals surface area contributed by atoms with Gasteiger partial charge < -0.3 is 20.3 Å². The van der Waals surface area contributed by atoms with Gasteiger partial charge in [0.1, 0.15) is 10.6 Å². The lowest BCUT2D eigenvalue weighted by Gasteiger charge is -2.28. The summed E-state index contributed by atoms with van der Waals surface area (Å²) in [4.78, 5) is 14.5. The molecule has 0 saturated heterocycles. The highest BCUT2D eigenvalue weighted by Gasteiger charge is 2.26. The van der Waals surface area contributed by atoms with E-state index >= 15 is 0 Å². The van der Waals surface area contributed by atoms with Crippen LogP contribution in [0.15, 0.2) is 85.1 Å². The zero-order chi connectivity index (χ0) is 28.4. The molecule has 2 aromatic rings. The van der Waals surface area contributed by atoms with Crippen molar-refractivity contribution in [2.24, 2.45) is 5.14 Å². The highest BCUT2D eigenvalue weighted by atomic mass is 32.2. The van der Waals surface area contributed by atoms with Gasteiger partial charge in [0.15, 0.2) is 5.75 Å². The summed E-state index contributed by atoms with van der Waals surface area (Å²) >= 11 is 0. The maximum Gasteiger partial charge on any atom is 0.251 e. The van der Waals surface area contributed by atoms with Gasteiger partial charge in [0, 0.05) is 31.4 Å². The minimum atomic E-state index is -4.15. The van der Waals surface area contributed by atoms with Gasteiger partial charge in [-0.05, 0) is 56.3 Å². The van der Waals surface area contributed by atoms with Crippen LogP contribution in [0, 0.1) is 0 Å². The van der Waals surface area contributed by atoms with Crippen LogP contribution in [0.1, 0.15) is 56.8 Å². The molecule has 0 aliphatic heterocycles. The van der Waals surface area contributed by atoms with Gasteiger partial charge in [0.2, 0.25) is 10.0 Å². The van der Waals surface area contributed by atoms with E-state index in [2.05, 4.69) is 42.5 Å². The Balaban J connectivity index is 0.000000905. The second kappa shape index (κ2) is 17.8. The zero-order valence-electron chi connectivity index (χ0n) is 22.8. The van der Waals surface area contributed by atoms with E-state index in [1.807, 2.05) is 6.07 Å². The first-order valence-corrected chi connectivity index (χ1v) is 14.4. The highest BCUT2D eigenvalue weighted by molar-refractivity contribution is 7.89. The van der Waals surface area contributed by atoms with Crippen molar-refractivity contribution in [1.29, 1.82) is 0 Å². The van der Waals surface area contributed by atoms with Crippen molar-refractivity contribution in [3.8, 4) is 11.5 Å². The molecular formula is C29H42N4O4S. The third kappa shape index (κ3) is 11.2. The Morgan fingerprint density at radius 2 is 1.68 bits per heavy atom. The molecule has 208 valence electrons. The second-order valence-corrected chi connectivity index (χ2v) is 9.83. The Kier molecular flexibility index (Phi) is 15.2. The van der Waals surface area contributed by atoms with Gasteiger partial charge in [0.25, 0.3) is 5.91 Å². The summed E-state index contributed by atoms with van der Waals surface area (Å²) in [6.07, 6.45) is 10.6. The fourth-order valence-corrected chi connectivity index (χ4v) is 4.07. The first-order valence-electron chi connectivity index (χ1n) is 12.8. The Morgan fingerprint density at radius 1 is 1.05 bits per heavy atom. The number of benzene rings is 2. The van der Waals surface area contributed by atoms with E-state index in [0.29, 0.717) is 31.1 Å². The second-order valence-electron chi connectivity index (χ2n) is 8.30. The molecule has 0 radical (unpaired) electrons. The standard InChI is InChI=1S/C23H33N3O4S.C6H9N/c1-4-7-14-26(15-8-5-2)20-16-18(23(27)25-6-3)17-21(31(24,28)29)22(20)30-19-12-10-9-11-13-19;1-3-5-6-7-4-2/h9-13,16-17H,4-8,14-15H2,1-3H3,(H,25,27)(H2,24,28,29);3-7H,1-2H2/b;6-5-. The first-order chi connectivity index (χ1) is 18.2. The monoisotopic (exact) mass is 542 g/mol. The van der Waals surface area contributed by atoms with Crippen LogP contribution in [0.4, 0.5) is 5.69 Å². The van der Waals surface area contributed by atoms with Gasteiger partial charge in [-0.1, -0.05) is 64.1 Å². The number of unbranched alkanes of at least 4 members (excludes halogenated alkanes) is 2. The molecule has 38 heavy (non-hydrogen) atoms. The number of nitrogens with one attached hydrogen (secondary N) is 2.